The van der Waals surface area contributed by atoms with Gasteiger partial charge in [-0.3, -0.25) is 4.68 Å². The largest absolute Gasteiger partial charge is 0.323 e. The Morgan fingerprint density at radius 2 is 2.00 bits per heavy atom. The molecule has 0 amide bonds. The lowest BCUT2D eigenvalue weighted by molar-refractivity contribution is 0.574. The molecule has 2 aromatic carbocycles. The summed E-state index contributed by atoms with van der Waals surface area (Å²) in [4.78, 5) is 0. The van der Waals surface area contributed by atoms with Gasteiger partial charge in [-0.1, -0.05) is 40.2 Å². The third-order valence-electron chi connectivity index (χ3n) is 3.62. The predicted octanol–water partition coefficient (Wildman–Crippen LogP) is 3.72. The Morgan fingerprint density at radius 3 is 2.76 bits per heavy atom. The molecular weight excluding hydrogens is 333 g/mol. The van der Waals surface area contributed by atoms with Gasteiger partial charge in [0.2, 0.25) is 0 Å². The smallest absolute Gasteiger partial charge is 0.129 e. The van der Waals surface area contributed by atoms with E-state index in [1.54, 1.807) is 12.1 Å². The fourth-order valence-electron chi connectivity index (χ4n) is 2.61. The molecule has 1 atom stereocenters. The van der Waals surface area contributed by atoms with Crippen LogP contribution in [0.1, 0.15) is 17.3 Å². The highest BCUT2D eigenvalue weighted by Crippen LogP contribution is 2.28. The van der Waals surface area contributed by atoms with E-state index in [2.05, 4.69) is 21.0 Å². The molecule has 1 aromatic heterocycles. The molecule has 1 heterocycles. The molecule has 2 N–H and O–H groups in total. The molecule has 0 aliphatic carbocycles. The maximum Gasteiger partial charge on any atom is 0.129 e. The van der Waals surface area contributed by atoms with Crippen LogP contribution < -0.4 is 5.73 Å². The zero-order chi connectivity index (χ0) is 15.0. The number of nitrogens with zero attached hydrogens (tertiary/aromatic N) is 2. The van der Waals surface area contributed by atoms with Crippen LogP contribution in [0.5, 0.6) is 0 Å². The standard InChI is InChI=1S/C16H15BrFN3/c1-21-15-8-3-2-5-10(15)14(20-21)9-13(19)16-11(17)6-4-7-12(16)18/h2-8,13H,9,19H2,1H3. The first kappa shape index (κ1) is 14.2. The van der Waals surface area contributed by atoms with E-state index in [1.165, 1.54) is 6.07 Å². The number of fused-ring (bicyclic) bond motifs is 1. The molecule has 21 heavy (non-hydrogen) atoms. The Bertz CT molecular complexity index is 777. The summed E-state index contributed by atoms with van der Waals surface area (Å²) in [6.07, 6.45) is 0.487. The van der Waals surface area contributed by atoms with Crippen LogP contribution in [0.2, 0.25) is 0 Å². The number of para-hydroxylation sites is 1. The summed E-state index contributed by atoms with van der Waals surface area (Å²) in [5.41, 5.74) is 8.64. The molecule has 108 valence electrons. The zero-order valence-corrected chi connectivity index (χ0v) is 13.1. The fraction of sp³-hybridized carbons (Fsp3) is 0.188. The maximum atomic E-state index is 14.0. The summed E-state index contributed by atoms with van der Waals surface area (Å²) < 4.78 is 16.5. The van der Waals surface area contributed by atoms with Gasteiger partial charge in [0.05, 0.1) is 11.2 Å². The average molecular weight is 348 g/mol. The first-order valence-electron chi connectivity index (χ1n) is 6.68. The second-order valence-electron chi connectivity index (χ2n) is 5.03. The van der Waals surface area contributed by atoms with Crippen LogP contribution in [0.25, 0.3) is 10.9 Å². The fourth-order valence-corrected chi connectivity index (χ4v) is 3.25. The number of nitrogens with two attached hydrogens (primary N) is 1. The first-order valence-corrected chi connectivity index (χ1v) is 7.47. The van der Waals surface area contributed by atoms with Crippen LogP contribution in [0.4, 0.5) is 4.39 Å². The Morgan fingerprint density at radius 1 is 1.24 bits per heavy atom. The van der Waals surface area contributed by atoms with E-state index in [0.717, 1.165) is 16.6 Å². The summed E-state index contributed by atoms with van der Waals surface area (Å²) in [6.45, 7) is 0. The highest BCUT2D eigenvalue weighted by Gasteiger charge is 2.18. The lowest BCUT2D eigenvalue weighted by atomic mass is 10.0. The molecule has 0 spiro atoms. The minimum atomic E-state index is -0.445. The molecule has 3 nitrogen and oxygen atoms in total. The maximum absolute atomic E-state index is 14.0. The van der Waals surface area contributed by atoms with Gasteiger partial charge in [-0.15, -0.1) is 0 Å². The second kappa shape index (κ2) is 5.58. The molecule has 0 bridgehead atoms. The lowest BCUT2D eigenvalue weighted by Gasteiger charge is -2.13. The number of benzene rings is 2. The van der Waals surface area contributed by atoms with Crippen LogP contribution in [0, 0.1) is 5.82 Å². The molecule has 0 fully saturated rings. The van der Waals surface area contributed by atoms with E-state index in [1.807, 2.05) is 36.0 Å². The molecule has 1 unspecified atom stereocenters. The number of aromatic nitrogens is 2. The molecule has 0 aliphatic rings. The molecule has 0 saturated heterocycles. The predicted molar refractivity (Wildman–Crippen MR) is 85.4 cm³/mol. The first-order chi connectivity index (χ1) is 10.1. The van der Waals surface area contributed by atoms with Crippen molar-refractivity contribution in [1.29, 1.82) is 0 Å². The summed E-state index contributed by atoms with van der Waals surface area (Å²) >= 11 is 3.37. The number of aryl methyl sites for hydroxylation is 1. The molecule has 3 aromatic rings. The molecule has 0 radical (unpaired) electrons. The van der Waals surface area contributed by atoms with Gasteiger partial charge < -0.3 is 5.73 Å². The van der Waals surface area contributed by atoms with E-state index >= 15 is 0 Å². The molecule has 0 saturated carbocycles. The summed E-state index contributed by atoms with van der Waals surface area (Å²) in [5.74, 6) is -0.294. The summed E-state index contributed by atoms with van der Waals surface area (Å²) in [6, 6.07) is 12.4. The Balaban J connectivity index is 1.99. The second-order valence-corrected chi connectivity index (χ2v) is 5.89. The van der Waals surface area contributed by atoms with Gasteiger partial charge in [0.1, 0.15) is 5.82 Å². The normalized spacial score (nSPS) is 12.8. The number of hydrogen-bond donors (Lipinski definition) is 1. The molecule has 5 heteroatoms. The van der Waals surface area contributed by atoms with Crippen molar-refractivity contribution >= 4 is 26.8 Å². The summed E-state index contributed by atoms with van der Waals surface area (Å²) in [7, 11) is 1.90. The van der Waals surface area contributed by atoms with E-state index in [9.17, 15) is 4.39 Å². The van der Waals surface area contributed by atoms with Crippen LogP contribution in [-0.2, 0) is 13.5 Å². The van der Waals surface area contributed by atoms with Crippen molar-refractivity contribution in [1.82, 2.24) is 9.78 Å². The van der Waals surface area contributed by atoms with Crippen molar-refractivity contribution in [2.75, 3.05) is 0 Å². The van der Waals surface area contributed by atoms with E-state index in [-0.39, 0.29) is 5.82 Å². The van der Waals surface area contributed by atoms with Gasteiger partial charge in [0, 0.05) is 34.9 Å². The van der Waals surface area contributed by atoms with Gasteiger partial charge in [-0.25, -0.2) is 4.39 Å². The minimum Gasteiger partial charge on any atom is -0.323 e. The SMILES string of the molecule is Cn1nc(CC(N)c2c(F)cccc2Br)c2ccccc21. The Kier molecular flexibility index (Phi) is 3.78. The van der Waals surface area contributed by atoms with Gasteiger partial charge >= 0.3 is 0 Å². The molecule has 3 rings (SSSR count). The molecule has 0 aliphatic heterocycles. The topological polar surface area (TPSA) is 43.8 Å². The van der Waals surface area contributed by atoms with Crippen LogP contribution >= 0.6 is 15.9 Å². The highest BCUT2D eigenvalue weighted by molar-refractivity contribution is 9.10. The average Bonchev–Trinajstić information content (AvgIpc) is 2.76. The third kappa shape index (κ3) is 2.59. The quantitative estimate of drug-likeness (QED) is 0.784. The van der Waals surface area contributed by atoms with Gasteiger partial charge in [-0.05, 0) is 18.2 Å². The number of rotatable bonds is 3. The monoisotopic (exact) mass is 347 g/mol. The summed E-state index contributed by atoms with van der Waals surface area (Å²) in [5, 5.41) is 5.57. The van der Waals surface area contributed by atoms with Crippen molar-refractivity contribution in [2.45, 2.75) is 12.5 Å². The van der Waals surface area contributed by atoms with Crippen molar-refractivity contribution in [3.63, 3.8) is 0 Å². The zero-order valence-electron chi connectivity index (χ0n) is 11.6. The lowest BCUT2D eigenvalue weighted by Crippen LogP contribution is -2.16. The Labute approximate surface area is 130 Å². The van der Waals surface area contributed by atoms with E-state index in [0.29, 0.717) is 16.5 Å². The van der Waals surface area contributed by atoms with Crippen molar-refractivity contribution in [3.05, 3.63) is 64.0 Å². The van der Waals surface area contributed by atoms with E-state index < -0.39 is 6.04 Å². The van der Waals surface area contributed by atoms with Gasteiger partial charge in [0.15, 0.2) is 0 Å². The number of halogens is 2. The van der Waals surface area contributed by atoms with Crippen LogP contribution in [0.3, 0.4) is 0 Å². The highest BCUT2D eigenvalue weighted by atomic mass is 79.9. The van der Waals surface area contributed by atoms with Crippen molar-refractivity contribution in [3.8, 4) is 0 Å². The van der Waals surface area contributed by atoms with Crippen LogP contribution in [0.15, 0.2) is 46.9 Å². The number of hydrogen-bond acceptors (Lipinski definition) is 2. The van der Waals surface area contributed by atoms with Gasteiger partial charge in [-0.2, -0.15) is 5.10 Å². The Hall–Kier alpha value is -1.72. The van der Waals surface area contributed by atoms with Crippen molar-refractivity contribution < 1.29 is 4.39 Å². The third-order valence-corrected chi connectivity index (χ3v) is 4.31. The van der Waals surface area contributed by atoms with Gasteiger partial charge in [0.25, 0.3) is 0 Å². The molecular formula is C16H15BrFN3. The minimum absolute atomic E-state index is 0.294. The van der Waals surface area contributed by atoms with E-state index in [4.69, 9.17) is 5.73 Å². The van der Waals surface area contributed by atoms with Crippen LogP contribution in [-0.4, -0.2) is 9.78 Å². The van der Waals surface area contributed by atoms with Crippen molar-refractivity contribution in [2.24, 2.45) is 12.8 Å².